The zero-order chi connectivity index (χ0) is 18.4. The molecule has 1 fully saturated rings. The van der Waals surface area contributed by atoms with Crippen molar-refractivity contribution in [2.24, 2.45) is 12.0 Å². The van der Waals surface area contributed by atoms with Crippen molar-refractivity contribution in [3.05, 3.63) is 42.0 Å². The van der Waals surface area contributed by atoms with Gasteiger partial charge in [-0.25, -0.2) is 4.99 Å². The van der Waals surface area contributed by atoms with Crippen LogP contribution in [0.5, 0.6) is 0 Å². The molecule has 0 aliphatic heterocycles. The first kappa shape index (κ1) is 21.5. The zero-order valence-corrected chi connectivity index (χ0v) is 18.7. The van der Waals surface area contributed by atoms with Crippen molar-refractivity contribution in [2.45, 2.75) is 38.8 Å². The maximum Gasteiger partial charge on any atom is 0.191 e. The van der Waals surface area contributed by atoms with Crippen molar-refractivity contribution in [1.82, 2.24) is 25.4 Å². The topological polar surface area (TPSA) is 70.4 Å². The first-order valence-corrected chi connectivity index (χ1v) is 9.29. The van der Waals surface area contributed by atoms with Gasteiger partial charge in [0, 0.05) is 38.9 Å². The van der Waals surface area contributed by atoms with E-state index in [0.717, 1.165) is 37.1 Å². The van der Waals surface area contributed by atoms with Gasteiger partial charge in [0.2, 0.25) is 0 Å². The van der Waals surface area contributed by atoms with E-state index in [0.29, 0.717) is 12.6 Å². The van der Waals surface area contributed by atoms with Crippen molar-refractivity contribution >= 4 is 35.6 Å². The van der Waals surface area contributed by atoms with Gasteiger partial charge in [0.25, 0.3) is 0 Å². The number of halogens is 1. The summed E-state index contributed by atoms with van der Waals surface area (Å²) in [6.07, 6.45) is 3.49. The van der Waals surface area contributed by atoms with E-state index in [4.69, 9.17) is 0 Å². The summed E-state index contributed by atoms with van der Waals surface area (Å²) in [6.45, 7) is 4.36. The third kappa shape index (κ3) is 6.67. The SMILES string of the molecule is Cc1nnc(CN=C(NCCCN(C)c2ccccc2)NC2CC2)n1C.I. The first-order chi connectivity index (χ1) is 12.6. The van der Waals surface area contributed by atoms with Gasteiger partial charge in [-0.2, -0.15) is 0 Å². The number of aliphatic imine (C=N–C) groups is 1. The first-order valence-electron chi connectivity index (χ1n) is 9.29. The summed E-state index contributed by atoms with van der Waals surface area (Å²) in [7, 11) is 4.10. The van der Waals surface area contributed by atoms with E-state index in [1.54, 1.807) is 0 Å². The van der Waals surface area contributed by atoms with Gasteiger partial charge in [0.1, 0.15) is 12.4 Å². The quantitative estimate of drug-likeness (QED) is 0.261. The van der Waals surface area contributed by atoms with Crippen molar-refractivity contribution in [3.63, 3.8) is 0 Å². The van der Waals surface area contributed by atoms with Gasteiger partial charge >= 0.3 is 0 Å². The Morgan fingerprint density at radius 1 is 1.26 bits per heavy atom. The summed E-state index contributed by atoms with van der Waals surface area (Å²) in [5.74, 6) is 2.66. The van der Waals surface area contributed by atoms with Crippen LogP contribution in [-0.2, 0) is 13.6 Å². The van der Waals surface area contributed by atoms with Crippen LogP contribution in [-0.4, -0.2) is 46.9 Å². The molecule has 8 heteroatoms. The van der Waals surface area contributed by atoms with Gasteiger partial charge in [0.05, 0.1) is 0 Å². The molecule has 0 amide bonds. The molecule has 1 saturated carbocycles. The Bertz CT molecular complexity index is 725. The largest absolute Gasteiger partial charge is 0.375 e. The fraction of sp³-hybridized carbons (Fsp3) is 0.526. The molecule has 1 heterocycles. The maximum atomic E-state index is 4.68. The average Bonchev–Trinajstić information content (AvgIpc) is 3.42. The molecular weight excluding hydrogens is 453 g/mol. The van der Waals surface area contributed by atoms with E-state index < -0.39 is 0 Å². The molecule has 7 nitrogen and oxygen atoms in total. The van der Waals surface area contributed by atoms with Crippen LogP contribution in [0.3, 0.4) is 0 Å². The number of para-hydroxylation sites is 1. The minimum Gasteiger partial charge on any atom is -0.375 e. The Morgan fingerprint density at radius 2 is 2.00 bits per heavy atom. The number of benzene rings is 1. The highest BCUT2D eigenvalue weighted by molar-refractivity contribution is 14.0. The van der Waals surface area contributed by atoms with E-state index in [2.05, 4.69) is 62.0 Å². The third-order valence-corrected chi connectivity index (χ3v) is 4.64. The lowest BCUT2D eigenvalue weighted by molar-refractivity contribution is 0.716. The normalized spacial score (nSPS) is 13.8. The molecule has 148 valence electrons. The van der Waals surface area contributed by atoms with E-state index in [9.17, 15) is 0 Å². The van der Waals surface area contributed by atoms with Crippen molar-refractivity contribution < 1.29 is 0 Å². The number of hydrogen-bond donors (Lipinski definition) is 2. The molecule has 0 saturated heterocycles. The molecule has 0 atom stereocenters. The summed E-state index contributed by atoms with van der Waals surface area (Å²) in [6, 6.07) is 11.0. The van der Waals surface area contributed by atoms with Crippen LogP contribution in [0, 0.1) is 6.92 Å². The molecule has 1 aliphatic carbocycles. The number of anilines is 1. The summed E-state index contributed by atoms with van der Waals surface area (Å²) < 4.78 is 1.98. The highest BCUT2D eigenvalue weighted by Crippen LogP contribution is 2.18. The third-order valence-electron chi connectivity index (χ3n) is 4.64. The highest BCUT2D eigenvalue weighted by Gasteiger charge is 2.22. The predicted molar refractivity (Wildman–Crippen MR) is 121 cm³/mol. The second-order valence-corrected chi connectivity index (χ2v) is 6.84. The Kier molecular flexibility index (Phi) is 8.33. The molecule has 1 aromatic heterocycles. The van der Waals surface area contributed by atoms with Crippen molar-refractivity contribution in [1.29, 1.82) is 0 Å². The number of hydrogen-bond acceptors (Lipinski definition) is 4. The lowest BCUT2D eigenvalue weighted by Crippen LogP contribution is -2.40. The Balaban J connectivity index is 0.00000261. The number of nitrogens with zero attached hydrogens (tertiary/aromatic N) is 5. The van der Waals surface area contributed by atoms with Crippen LogP contribution in [0.4, 0.5) is 5.69 Å². The van der Waals surface area contributed by atoms with Gasteiger partial charge in [-0.1, -0.05) is 18.2 Å². The molecular formula is C19H30IN7. The lowest BCUT2D eigenvalue weighted by atomic mass is 10.3. The number of aromatic nitrogens is 3. The number of rotatable bonds is 8. The molecule has 0 unspecified atom stereocenters. The minimum atomic E-state index is 0. The van der Waals surface area contributed by atoms with Crippen LogP contribution in [0.25, 0.3) is 0 Å². The summed E-state index contributed by atoms with van der Waals surface area (Å²) >= 11 is 0. The molecule has 1 aromatic carbocycles. The highest BCUT2D eigenvalue weighted by atomic mass is 127. The molecule has 0 spiro atoms. The lowest BCUT2D eigenvalue weighted by Gasteiger charge is -2.19. The van der Waals surface area contributed by atoms with E-state index in [-0.39, 0.29) is 24.0 Å². The summed E-state index contributed by atoms with van der Waals surface area (Å²) in [5.41, 5.74) is 1.25. The van der Waals surface area contributed by atoms with Crippen LogP contribution < -0.4 is 15.5 Å². The van der Waals surface area contributed by atoms with Crippen LogP contribution in [0.1, 0.15) is 30.9 Å². The predicted octanol–water partition coefficient (Wildman–Crippen LogP) is 2.47. The van der Waals surface area contributed by atoms with E-state index >= 15 is 0 Å². The van der Waals surface area contributed by atoms with Crippen LogP contribution >= 0.6 is 24.0 Å². The van der Waals surface area contributed by atoms with Gasteiger partial charge in [0.15, 0.2) is 11.8 Å². The molecule has 1 aliphatic rings. The fourth-order valence-corrected chi connectivity index (χ4v) is 2.65. The Labute approximate surface area is 178 Å². The molecule has 0 radical (unpaired) electrons. The van der Waals surface area contributed by atoms with E-state index in [1.807, 2.05) is 24.6 Å². The van der Waals surface area contributed by atoms with Gasteiger partial charge in [-0.3, -0.25) is 0 Å². The average molecular weight is 483 g/mol. The van der Waals surface area contributed by atoms with Gasteiger partial charge in [-0.15, -0.1) is 34.2 Å². The van der Waals surface area contributed by atoms with Crippen LogP contribution in [0.2, 0.25) is 0 Å². The molecule has 3 rings (SSSR count). The standard InChI is InChI=1S/C19H29N7.HI/c1-15-23-24-18(26(15)3)14-21-19(22-16-10-11-16)20-12-7-13-25(2)17-8-5-4-6-9-17;/h4-6,8-9,16H,7,10-14H2,1-3H3,(H2,20,21,22);1H. The Hall–Kier alpha value is -1.84. The van der Waals surface area contributed by atoms with Crippen molar-refractivity contribution in [2.75, 3.05) is 25.0 Å². The van der Waals surface area contributed by atoms with Gasteiger partial charge in [-0.05, 0) is 38.3 Å². The second-order valence-electron chi connectivity index (χ2n) is 6.84. The minimum absolute atomic E-state index is 0. The maximum absolute atomic E-state index is 4.68. The van der Waals surface area contributed by atoms with Gasteiger partial charge < -0.3 is 20.1 Å². The molecule has 2 N–H and O–H groups in total. The van der Waals surface area contributed by atoms with E-state index in [1.165, 1.54) is 18.5 Å². The zero-order valence-electron chi connectivity index (χ0n) is 16.4. The molecule has 27 heavy (non-hydrogen) atoms. The number of guanidine groups is 1. The summed E-state index contributed by atoms with van der Waals surface area (Å²) in [5, 5.41) is 15.2. The molecule has 0 bridgehead atoms. The molecule has 2 aromatic rings. The van der Waals surface area contributed by atoms with Crippen molar-refractivity contribution in [3.8, 4) is 0 Å². The fourth-order valence-electron chi connectivity index (χ4n) is 2.65. The number of nitrogens with one attached hydrogen (secondary N) is 2. The monoisotopic (exact) mass is 483 g/mol. The summed E-state index contributed by atoms with van der Waals surface area (Å²) in [4.78, 5) is 6.95. The second kappa shape index (κ2) is 10.5. The smallest absolute Gasteiger partial charge is 0.191 e. The Morgan fingerprint density at radius 3 is 2.63 bits per heavy atom. The number of aryl methyl sites for hydroxylation is 1. The van der Waals surface area contributed by atoms with Crippen LogP contribution in [0.15, 0.2) is 35.3 Å².